The summed E-state index contributed by atoms with van der Waals surface area (Å²) in [6.07, 6.45) is -0.315. The zero-order valence-corrected chi connectivity index (χ0v) is 9.03. The molecule has 0 amide bonds. The maximum atomic E-state index is 12.3. The summed E-state index contributed by atoms with van der Waals surface area (Å²) >= 11 is 0. The van der Waals surface area contributed by atoms with E-state index < -0.39 is 12.5 Å². The molecule has 86 valence electrons. The van der Waals surface area contributed by atoms with Gasteiger partial charge in [-0.3, -0.25) is 0 Å². The van der Waals surface area contributed by atoms with Gasteiger partial charge in [-0.15, -0.1) is 0 Å². The standard InChI is InChI=1S/C12H14F2N2/c1-16-5-4-9-3-2-8(7-11(9)16)6-10(15)12(13)14/h2-5,7,10,12H,6,15H2,1H3. The Labute approximate surface area is 92.7 Å². The van der Waals surface area contributed by atoms with Crippen molar-refractivity contribution in [3.05, 3.63) is 36.0 Å². The third-order valence-electron chi connectivity index (χ3n) is 2.75. The van der Waals surface area contributed by atoms with Crippen molar-refractivity contribution in [2.24, 2.45) is 12.8 Å². The van der Waals surface area contributed by atoms with Crippen LogP contribution in [0.3, 0.4) is 0 Å². The average Bonchev–Trinajstić information content (AvgIpc) is 2.60. The first kappa shape index (κ1) is 11.1. The highest BCUT2D eigenvalue weighted by molar-refractivity contribution is 5.80. The largest absolute Gasteiger partial charge is 0.351 e. The van der Waals surface area contributed by atoms with Gasteiger partial charge in [0.15, 0.2) is 0 Å². The second-order valence-corrected chi connectivity index (χ2v) is 4.02. The van der Waals surface area contributed by atoms with Crippen LogP contribution < -0.4 is 5.73 Å². The number of alkyl halides is 2. The predicted molar refractivity (Wildman–Crippen MR) is 60.6 cm³/mol. The fourth-order valence-electron chi connectivity index (χ4n) is 1.80. The first-order valence-corrected chi connectivity index (χ1v) is 5.15. The van der Waals surface area contributed by atoms with Crippen molar-refractivity contribution < 1.29 is 8.78 Å². The zero-order valence-electron chi connectivity index (χ0n) is 9.03. The molecule has 2 aromatic rings. The molecular weight excluding hydrogens is 210 g/mol. The minimum Gasteiger partial charge on any atom is -0.351 e. The average molecular weight is 224 g/mol. The lowest BCUT2D eigenvalue weighted by molar-refractivity contribution is 0.116. The molecule has 0 saturated heterocycles. The highest BCUT2D eigenvalue weighted by atomic mass is 19.3. The molecule has 1 atom stereocenters. The Kier molecular flexibility index (Phi) is 2.92. The van der Waals surface area contributed by atoms with Crippen molar-refractivity contribution in [3.63, 3.8) is 0 Å². The maximum absolute atomic E-state index is 12.3. The number of benzene rings is 1. The van der Waals surface area contributed by atoms with Crippen molar-refractivity contribution in [2.75, 3.05) is 0 Å². The van der Waals surface area contributed by atoms with E-state index >= 15 is 0 Å². The third kappa shape index (κ3) is 2.07. The monoisotopic (exact) mass is 224 g/mol. The molecule has 2 N–H and O–H groups in total. The van der Waals surface area contributed by atoms with Gasteiger partial charge in [-0.05, 0) is 29.5 Å². The van der Waals surface area contributed by atoms with Crippen LogP contribution in [-0.4, -0.2) is 17.0 Å². The van der Waals surface area contributed by atoms with Crippen LogP contribution in [0.25, 0.3) is 10.9 Å². The molecule has 0 aliphatic rings. The number of hydrogen-bond acceptors (Lipinski definition) is 1. The van der Waals surface area contributed by atoms with E-state index in [9.17, 15) is 8.78 Å². The van der Waals surface area contributed by atoms with E-state index in [2.05, 4.69) is 0 Å². The number of aryl methyl sites for hydroxylation is 1. The summed E-state index contributed by atoms with van der Waals surface area (Å²) in [5.41, 5.74) is 7.24. The second-order valence-electron chi connectivity index (χ2n) is 4.02. The Morgan fingerprint density at radius 3 is 2.75 bits per heavy atom. The van der Waals surface area contributed by atoms with Gasteiger partial charge in [-0.1, -0.05) is 12.1 Å². The number of hydrogen-bond donors (Lipinski definition) is 1. The van der Waals surface area contributed by atoms with Crippen LogP contribution >= 0.6 is 0 Å². The highest BCUT2D eigenvalue weighted by Crippen LogP contribution is 2.18. The summed E-state index contributed by atoms with van der Waals surface area (Å²) in [6, 6.07) is 6.61. The van der Waals surface area contributed by atoms with E-state index in [-0.39, 0.29) is 6.42 Å². The van der Waals surface area contributed by atoms with Crippen molar-refractivity contribution >= 4 is 10.9 Å². The molecule has 0 fully saturated rings. The number of fused-ring (bicyclic) bond motifs is 1. The minimum atomic E-state index is -2.47. The van der Waals surface area contributed by atoms with Gasteiger partial charge >= 0.3 is 0 Å². The van der Waals surface area contributed by atoms with Crippen LogP contribution in [0.4, 0.5) is 8.78 Å². The van der Waals surface area contributed by atoms with Crippen molar-refractivity contribution in [1.82, 2.24) is 4.57 Å². The minimum absolute atomic E-state index is 0.207. The van der Waals surface area contributed by atoms with Gasteiger partial charge in [0.25, 0.3) is 6.43 Å². The predicted octanol–water partition coefficient (Wildman–Crippen LogP) is 2.31. The molecule has 4 heteroatoms. The van der Waals surface area contributed by atoms with E-state index in [1.165, 1.54) is 0 Å². The summed E-state index contributed by atoms with van der Waals surface area (Å²) in [6.45, 7) is 0. The normalized spacial score (nSPS) is 13.6. The van der Waals surface area contributed by atoms with E-state index in [0.29, 0.717) is 0 Å². The number of nitrogens with zero attached hydrogens (tertiary/aromatic N) is 1. The van der Waals surface area contributed by atoms with E-state index in [4.69, 9.17) is 5.73 Å². The van der Waals surface area contributed by atoms with Gasteiger partial charge in [0.05, 0.1) is 6.04 Å². The van der Waals surface area contributed by atoms with Gasteiger partial charge in [0.1, 0.15) is 0 Å². The van der Waals surface area contributed by atoms with Gasteiger partial charge in [0.2, 0.25) is 0 Å². The molecule has 1 aromatic heterocycles. The quantitative estimate of drug-likeness (QED) is 0.852. The van der Waals surface area contributed by atoms with Gasteiger partial charge < -0.3 is 10.3 Å². The molecular formula is C12H14F2N2. The van der Waals surface area contributed by atoms with Crippen molar-refractivity contribution in [1.29, 1.82) is 0 Å². The summed E-state index contributed by atoms with van der Waals surface area (Å²) in [5.74, 6) is 0. The molecule has 1 unspecified atom stereocenters. The van der Waals surface area contributed by atoms with Gasteiger partial charge in [-0.25, -0.2) is 8.78 Å². The molecule has 1 heterocycles. The Balaban J connectivity index is 2.28. The van der Waals surface area contributed by atoms with Crippen LogP contribution in [0.2, 0.25) is 0 Å². The molecule has 1 aromatic carbocycles. The van der Waals surface area contributed by atoms with Gasteiger partial charge in [-0.2, -0.15) is 0 Å². The second kappa shape index (κ2) is 4.22. The lowest BCUT2D eigenvalue weighted by Crippen LogP contribution is -2.30. The lowest BCUT2D eigenvalue weighted by atomic mass is 10.1. The fraction of sp³-hybridized carbons (Fsp3) is 0.333. The molecule has 0 aliphatic carbocycles. The summed E-state index contributed by atoms with van der Waals surface area (Å²) in [5, 5.41) is 1.11. The van der Waals surface area contributed by atoms with Gasteiger partial charge in [0, 0.05) is 18.8 Å². The summed E-state index contributed by atoms with van der Waals surface area (Å²) < 4.78 is 26.6. The van der Waals surface area contributed by atoms with Crippen LogP contribution in [-0.2, 0) is 13.5 Å². The topological polar surface area (TPSA) is 30.9 Å². The molecule has 2 rings (SSSR count). The molecule has 0 bridgehead atoms. The van der Waals surface area contributed by atoms with Crippen molar-refractivity contribution in [3.8, 4) is 0 Å². The number of aromatic nitrogens is 1. The molecule has 0 spiro atoms. The first-order chi connectivity index (χ1) is 7.58. The Morgan fingerprint density at radius 2 is 2.06 bits per heavy atom. The molecule has 0 radical (unpaired) electrons. The number of nitrogens with two attached hydrogens (primary N) is 1. The molecule has 16 heavy (non-hydrogen) atoms. The summed E-state index contributed by atoms with van der Waals surface area (Å²) in [4.78, 5) is 0. The fourth-order valence-corrected chi connectivity index (χ4v) is 1.80. The Bertz CT molecular complexity index is 491. The lowest BCUT2D eigenvalue weighted by Gasteiger charge is -2.10. The Morgan fingerprint density at radius 1 is 1.31 bits per heavy atom. The van der Waals surface area contributed by atoms with Crippen LogP contribution in [0.5, 0.6) is 0 Å². The molecule has 0 saturated carbocycles. The third-order valence-corrected chi connectivity index (χ3v) is 2.75. The van der Waals surface area contributed by atoms with Crippen LogP contribution in [0, 0.1) is 0 Å². The van der Waals surface area contributed by atoms with E-state index in [1.807, 2.05) is 42.1 Å². The van der Waals surface area contributed by atoms with Crippen molar-refractivity contribution in [2.45, 2.75) is 18.9 Å². The maximum Gasteiger partial charge on any atom is 0.253 e. The number of rotatable bonds is 3. The number of halogens is 2. The van der Waals surface area contributed by atoms with Crippen LogP contribution in [0.15, 0.2) is 30.5 Å². The Hall–Kier alpha value is -1.42. The molecule has 0 aliphatic heterocycles. The van der Waals surface area contributed by atoms with Crippen LogP contribution in [0.1, 0.15) is 5.56 Å². The van der Waals surface area contributed by atoms with E-state index in [0.717, 1.165) is 16.5 Å². The highest BCUT2D eigenvalue weighted by Gasteiger charge is 2.15. The summed E-state index contributed by atoms with van der Waals surface area (Å²) in [7, 11) is 1.93. The van der Waals surface area contributed by atoms with E-state index in [1.54, 1.807) is 0 Å². The first-order valence-electron chi connectivity index (χ1n) is 5.15. The zero-order chi connectivity index (χ0) is 11.7. The molecule has 2 nitrogen and oxygen atoms in total. The smallest absolute Gasteiger partial charge is 0.253 e. The SMILES string of the molecule is Cn1ccc2ccc(CC(N)C(F)F)cc21.